The van der Waals surface area contributed by atoms with Gasteiger partial charge in [-0.15, -0.1) is 0 Å². The van der Waals surface area contributed by atoms with Crippen molar-refractivity contribution < 1.29 is 23.7 Å². The van der Waals surface area contributed by atoms with Gasteiger partial charge < -0.3 is 0 Å². The Morgan fingerprint density at radius 1 is 1.00 bits per heavy atom. The van der Waals surface area contributed by atoms with Crippen molar-refractivity contribution in [2.24, 2.45) is 0 Å². The molecule has 0 spiro atoms. The fourth-order valence-electron chi connectivity index (χ4n) is 1.55. The van der Waals surface area contributed by atoms with Crippen molar-refractivity contribution in [1.82, 2.24) is 0 Å². The van der Waals surface area contributed by atoms with E-state index in [1.807, 2.05) is 31.2 Å². The van der Waals surface area contributed by atoms with Gasteiger partial charge in [-0.3, -0.25) is 4.79 Å². The summed E-state index contributed by atoms with van der Waals surface area (Å²) < 4.78 is 0. The van der Waals surface area contributed by atoms with Gasteiger partial charge in [0.15, 0.2) is 5.52 Å². The topological polar surface area (TPSA) is 17.1 Å². The van der Waals surface area contributed by atoms with Crippen LogP contribution in [0.2, 0.25) is 10.0 Å². The third-order valence-electron chi connectivity index (χ3n) is 2.50. The van der Waals surface area contributed by atoms with Crippen molar-refractivity contribution in [3.63, 3.8) is 0 Å². The zero-order valence-electron chi connectivity index (χ0n) is 10.7. The van der Waals surface area contributed by atoms with Gasteiger partial charge in [0.25, 0.3) is 0 Å². The zero-order valence-corrected chi connectivity index (χ0v) is 13.2. The molecule has 0 saturated carbocycles. The van der Waals surface area contributed by atoms with Crippen LogP contribution in [0, 0.1) is 6.92 Å². The fourth-order valence-corrected chi connectivity index (χ4v) is 3.26. The minimum Gasteiger partial charge on any atom is -0.289 e. The molecule has 0 saturated heterocycles. The average molecular weight is 304 g/mol. The smallest absolute Gasteiger partial charge is 0.289 e. The maximum Gasteiger partial charge on any atom is 1.00 e. The molecule has 0 fully saturated rings. The van der Waals surface area contributed by atoms with E-state index in [-0.39, 0.29) is 33.0 Å². The van der Waals surface area contributed by atoms with Gasteiger partial charge in [-0.2, -0.15) is 0 Å². The predicted molar refractivity (Wildman–Crippen MR) is 79.9 cm³/mol. The number of hydrogen-bond acceptors (Lipinski definition) is 1. The summed E-state index contributed by atoms with van der Waals surface area (Å²) in [4.78, 5) is 12.2. The number of rotatable bonds is 3. The molecule has 92 valence electrons. The van der Waals surface area contributed by atoms with E-state index >= 15 is 0 Å². The molecular formula is C14H11Cl2LiOP+. The van der Waals surface area contributed by atoms with Crippen molar-refractivity contribution in [1.29, 1.82) is 0 Å². The Labute approximate surface area is 136 Å². The first-order valence-electron chi connectivity index (χ1n) is 5.40. The first kappa shape index (κ1) is 16.8. The van der Waals surface area contributed by atoms with Gasteiger partial charge in [-0.05, 0) is 32.9 Å². The second-order valence-electron chi connectivity index (χ2n) is 3.92. The third-order valence-corrected chi connectivity index (χ3v) is 4.23. The largest absolute Gasteiger partial charge is 1.00 e. The van der Waals surface area contributed by atoms with Crippen LogP contribution in [-0.2, 0) is 0 Å². The minimum absolute atomic E-state index is 0. The molecule has 0 aliphatic heterocycles. The molecule has 0 amide bonds. The van der Waals surface area contributed by atoms with Gasteiger partial charge in [0.05, 0.1) is 15.6 Å². The molecule has 0 aliphatic carbocycles. The summed E-state index contributed by atoms with van der Waals surface area (Å²) in [6.07, 6.45) is 0. The van der Waals surface area contributed by atoms with Gasteiger partial charge in [0.1, 0.15) is 0 Å². The van der Waals surface area contributed by atoms with E-state index in [2.05, 4.69) is 0 Å². The minimum atomic E-state index is -0.0329. The maximum atomic E-state index is 12.2. The van der Waals surface area contributed by atoms with Crippen LogP contribution in [0.3, 0.4) is 0 Å². The molecule has 2 aromatic carbocycles. The van der Waals surface area contributed by atoms with E-state index in [1.165, 1.54) is 5.56 Å². The Morgan fingerprint density at radius 3 is 2.05 bits per heavy atom. The normalized spacial score (nSPS) is 10.5. The molecule has 2 aromatic rings. The van der Waals surface area contributed by atoms with Crippen molar-refractivity contribution in [3.05, 3.63) is 63.6 Å². The Morgan fingerprint density at radius 2 is 1.53 bits per heavy atom. The molecule has 0 bridgehead atoms. The van der Waals surface area contributed by atoms with E-state index in [1.54, 1.807) is 18.2 Å². The van der Waals surface area contributed by atoms with E-state index in [4.69, 9.17) is 23.2 Å². The Balaban J connectivity index is 0.00000180. The van der Waals surface area contributed by atoms with Crippen molar-refractivity contribution in [3.8, 4) is 0 Å². The second-order valence-corrected chi connectivity index (χ2v) is 6.01. The number of benzene rings is 2. The number of aryl methyl sites for hydroxylation is 1. The molecule has 0 aromatic heterocycles. The van der Waals surface area contributed by atoms with Crippen LogP contribution >= 0.6 is 31.8 Å². The van der Waals surface area contributed by atoms with Crippen LogP contribution in [0.15, 0.2) is 42.5 Å². The standard InChI is InChI=1S/C14H11Cl2OP.Li/c1-9-5-7-10(8-6-9)18-14(17)13-11(15)3-2-4-12(13)16;/h2-8,18H,1H3;/q;+1. The first-order chi connectivity index (χ1) is 8.58. The number of carbonyl (C=O) groups is 1. The van der Waals surface area contributed by atoms with E-state index in [0.29, 0.717) is 15.6 Å². The SMILES string of the molecule is Cc1ccc(PC(=O)c2c(Cl)cccc2Cl)cc1.[Li+]. The summed E-state index contributed by atoms with van der Waals surface area (Å²) in [6.45, 7) is 2.01. The van der Waals surface area contributed by atoms with E-state index in [9.17, 15) is 4.79 Å². The summed E-state index contributed by atoms with van der Waals surface area (Å²) in [7, 11) is 0.0370. The van der Waals surface area contributed by atoms with Crippen molar-refractivity contribution in [2.75, 3.05) is 0 Å². The molecule has 0 heterocycles. The van der Waals surface area contributed by atoms with Gasteiger partial charge >= 0.3 is 18.9 Å². The van der Waals surface area contributed by atoms with Crippen molar-refractivity contribution in [2.45, 2.75) is 6.92 Å². The summed E-state index contributed by atoms with van der Waals surface area (Å²) in [6, 6.07) is 13.0. The predicted octanol–water partition coefficient (Wildman–Crippen LogP) is 1.45. The maximum absolute atomic E-state index is 12.2. The molecule has 2 rings (SSSR count). The molecule has 0 N–H and O–H groups in total. The van der Waals surface area contributed by atoms with Crippen LogP contribution in [0.5, 0.6) is 0 Å². The van der Waals surface area contributed by atoms with Crippen LogP contribution in [-0.4, -0.2) is 5.52 Å². The molecule has 1 unspecified atom stereocenters. The molecule has 1 nitrogen and oxygen atoms in total. The fraction of sp³-hybridized carbons (Fsp3) is 0.0714. The zero-order chi connectivity index (χ0) is 13.1. The monoisotopic (exact) mass is 303 g/mol. The third kappa shape index (κ3) is 4.35. The van der Waals surface area contributed by atoms with Crippen molar-refractivity contribution >= 4 is 42.6 Å². The van der Waals surface area contributed by atoms with Crippen LogP contribution in [0.1, 0.15) is 15.9 Å². The Bertz CT molecular complexity index is 564. The molecule has 5 heteroatoms. The second kappa shape index (κ2) is 7.49. The summed E-state index contributed by atoms with van der Waals surface area (Å²) >= 11 is 12.0. The Hall–Kier alpha value is -0.283. The molecule has 0 radical (unpaired) electrons. The molecular weight excluding hydrogens is 293 g/mol. The van der Waals surface area contributed by atoms with Crippen LogP contribution in [0.25, 0.3) is 0 Å². The average Bonchev–Trinajstić information content (AvgIpc) is 2.32. The van der Waals surface area contributed by atoms with E-state index in [0.717, 1.165) is 5.30 Å². The summed E-state index contributed by atoms with van der Waals surface area (Å²) in [5.74, 6) is 0. The number of halogens is 2. The van der Waals surface area contributed by atoms with Gasteiger partial charge in [-0.25, -0.2) is 0 Å². The molecule has 0 aliphatic rings. The molecule has 19 heavy (non-hydrogen) atoms. The number of hydrogen-bond donors (Lipinski definition) is 0. The van der Waals surface area contributed by atoms with Gasteiger partial charge in [-0.1, -0.05) is 59.1 Å². The summed E-state index contributed by atoms with van der Waals surface area (Å²) in [5.41, 5.74) is 1.56. The summed E-state index contributed by atoms with van der Waals surface area (Å²) in [5, 5.41) is 1.81. The first-order valence-corrected chi connectivity index (χ1v) is 7.15. The number of carbonyl (C=O) groups excluding carboxylic acids is 1. The van der Waals surface area contributed by atoms with E-state index < -0.39 is 0 Å². The van der Waals surface area contributed by atoms with Gasteiger partial charge in [0, 0.05) is 0 Å². The van der Waals surface area contributed by atoms with Crippen LogP contribution < -0.4 is 24.2 Å². The van der Waals surface area contributed by atoms with Gasteiger partial charge in [0.2, 0.25) is 0 Å². The Kier molecular flexibility index (Phi) is 6.61. The molecule has 1 atom stereocenters. The quantitative estimate of drug-likeness (QED) is 0.620. The van der Waals surface area contributed by atoms with Crippen LogP contribution in [0.4, 0.5) is 0 Å².